The van der Waals surface area contributed by atoms with Crippen LogP contribution in [0.1, 0.15) is 41.9 Å². The minimum atomic E-state index is -0.0836. The van der Waals surface area contributed by atoms with Crippen molar-refractivity contribution in [1.82, 2.24) is 34.8 Å². The molecule has 1 aromatic carbocycles. The van der Waals surface area contributed by atoms with E-state index in [1.807, 2.05) is 27.7 Å². The number of hydrogen-bond donors (Lipinski definition) is 2. The SMILES string of the molecule is NC[C@]1(c2cccc(Cl)c2)CC[C@H](N2CCn3c(nnc3-c3nnc[nH]3)C2=O)CC1. The number of halogens is 1. The van der Waals surface area contributed by atoms with E-state index in [2.05, 4.69) is 31.4 Å². The second-order valence-electron chi connectivity index (χ2n) is 8.06. The molecule has 3 heterocycles. The maximum atomic E-state index is 13.2. The molecule has 1 fully saturated rings. The monoisotopic (exact) mass is 426 g/mol. The van der Waals surface area contributed by atoms with Crippen molar-refractivity contribution < 1.29 is 4.79 Å². The van der Waals surface area contributed by atoms with Gasteiger partial charge in [0.2, 0.25) is 11.6 Å². The fourth-order valence-electron chi connectivity index (χ4n) is 4.84. The predicted molar refractivity (Wildman–Crippen MR) is 111 cm³/mol. The van der Waals surface area contributed by atoms with Gasteiger partial charge in [0, 0.05) is 36.1 Å². The number of nitrogens with two attached hydrogens (primary N) is 1. The average Bonchev–Trinajstić information content (AvgIpc) is 3.44. The Kier molecular flexibility index (Phi) is 4.79. The Hall–Kier alpha value is -2.78. The summed E-state index contributed by atoms with van der Waals surface area (Å²) in [6.07, 6.45) is 5.14. The fourth-order valence-corrected chi connectivity index (χ4v) is 5.04. The van der Waals surface area contributed by atoms with Crippen LogP contribution in [-0.2, 0) is 12.0 Å². The first-order chi connectivity index (χ1) is 14.6. The topological polar surface area (TPSA) is 119 Å². The maximum absolute atomic E-state index is 13.2. The summed E-state index contributed by atoms with van der Waals surface area (Å²) in [7, 11) is 0. The first-order valence-electron chi connectivity index (χ1n) is 10.2. The Morgan fingerprint density at radius 1 is 1.17 bits per heavy atom. The molecular formula is C20H23ClN8O. The second-order valence-corrected chi connectivity index (χ2v) is 8.50. The van der Waals surface area contributed by atoms with E-state index in [-0.39, 0.29) is 17.4 Å². The van der Waals surface area contributed by atoms with Gasteiger partial charge in [-0.2, -0.15) is 0 Å². The van der Waals surface area contributed by atoms with Gasteiger partial charge in [-0.15, -0.1) is 20.4 Å². The zero-order chi connectivity index (χ0) is 20.7. The zero-order valence-electron chi connectivity index (χ0n) is 16.5. The quantitative estimate of drug-likeness (QED) is 0.658. The summed E-state index contributed by atoms with van der Waals surface area (Å²) in [5.74, 6) is 1.34. The number of amides is 1. The molecule has 2 aliphatic rings. The molecule has 30 heavy (non-hydrogen) atoms. The molecule has 1 amide bonds. The number of nitrogens with one attached hydrogen (secondary N) is 1. The van der Waals surface area contributed by atoms with Crippen molar-refractivity contribution in [2.45, 2.75) is 43.7 Å². The summed E-state index contributed by atoms with van der Waals surface area (Å²) >= 11 is 6.22. The van der Waals surface area contributed by atoms with Crippen molar-refractivity contribution in [3.8, 4) is 11.6 Å². The maximum Gasteiger partial charge on any atom is 0.292 e. The molecule has 10 heteroatoms. The van der Waals surface area contributed by atoms with E-state index in [0.717, 1.165) is 30.7 Å². The highest BCUT2D eigenvalue weighted by Crippen LogP contribution is 2.41. The van der Waals surface area contributed by atoms with Gasteiger partial charge in [0.15, 0.2) is 5.82 Å². The van der Waals surface area contributed by atoms with Crippen molar-refractivity contribution in [3.63, 3.8) is 0 Å². The Balaban J connectivity index is 1.33. The summed E-state index contributed by atoms with van der Waals surface area (Å²) in [4.78, 5) is 18.0. The predicted octanol–water partition coefficient (Wildman–Crippen LogP) is 2.01. The molecule has 0 unspecified atom stereocenters. The van der Waals surface area contributed by atoms with Crippen LogP contribution in [0.3, 0.4) is 0 Å². The number of benzene rings is 1. The smallest absolute Gasteiger partial charge is 0.292 e. The molecule has 1 saturated carbocycles. The molecule has 0 radical (unpaired) electrons. The molecule has 5 rings (SSSR count). The molecule has 1 aliphatic heterocycles. The highest BCUT2D eigenvalue weighted by atomic mass is 35.5. The summed E-state index contributed by atoms with van der Waals surface area (Å²) in [6.45, 7) is 1.84. The normalized spacial score (nSPS) is 24.1. The lowest BCUT2D eigenvalue weighted by Gasteiger charge is -2.44. The number of nitrogens with zero attached hydrogens (tertiary/aromatic N) is 6. The lowest BCUT2D eigenvalue weighted by atomic mass is 9.68. The molecule has 3 N–H and O–H groups in total. The molecule has 156 valence electrons. The molecule has 0 saturated heterocycles. The molecular weight excluding hydrogens is 404 g/mol. The summed E-state index contributed by atoms with van der Waals surface area (Å²) < 4.78 is 1.82. The van der Waals surface area contributed by atoms with Crippen molar-refractivity contribution in [2.75, 3.05) is 13.1 Å². The van der Waals surface area contributed by atoms with E-state index in [9.17, 15) is 4.79 Å². The lowest BCUT2D eigenvalue weighted by Crippen LogP contribution is -2.50. The van der Waals surface area contributed by atoms with Gasteiger partial charge in [-0.3, -0.25) is 9.36 Å². The number of hydrogen-bond acceptors (Lipinski definition) is 6. The summed E-state index contributed by atoms with van der Waals surface area (Å²) in [5.41, 5.74) is 7.33. The third kappa shape index (κ3) is 3.09. The van der Waals surface area contributed by atoms with Gasteiger partial charge in [0.25, 0.3) is 5.91 Å². The van der Waals surface area contributed by atoms with E-state index in [4.69, 9.17) is 17.3 Å². The molecule has 3 aromatic rings. The van der Waals surface area contributed by atoms with E-state index < -0.39 is 0 Å². The first-order valence-corrected chi connectivity index (χ1v) is 10.6. The van der Waals surface area contributed by atoms with Crippen LogP contribution in [0, 0.1) is 0 Å². The van der Waals surface area contributed by atoms with Crippen LogP contribution in [0.15, 0.2) is 30.6 Å². The second kappa shape index (κ2) is 7.48. The van der Waals surface area contributed by atoms with Crippen LogP contribution in [-0.4, -0.2) is 59.9 Å². The highest BCUT2D eigenvalue weighted by molar-refractivity contribution is 6.30. The largest absolute Gasteiger partial charge is 0.331 e. The number of H-pyrrole nitrogens is 1. The van der Waals surface area contributed by atoms with E-state index in [0.29, 0.717) is 37.1 Å². The molecule has 9 nitrogen and oxygen atoms in total. The summed E-state index contributed by atoms with van der Waals surface area (Å²) in [5, 5.41) is 16.8. The minimum Gasteiger partial charge on any atom is -0.331 e. The Bertz CT molecular complexity index is 1050. The van der Waals surface area contributed by atoms with Crippen LogP contribution in [0.25, 0.3) is 11.6 Å². The van der Waals surface area contributed by atoms with Crippen molar-refractivity contribution >= 4 is 17.5 Å². The standard InChI is InChI=1S/C20H23ClN8O/c21-14-3-1-2-13(10-14)20(11-22)6-4-15(5-7-20)28-8-9-29-17(16-23-12-24-25-16)26-27-18(29)19(28)30/h1-3,10,12,15H,4-9,11,22H2,(H,23,24,25)/t15-,20-. The van der Waals surface area contributed by atoms with Crippen LogP contribution in [0.5, 0.6) is 0 Å². The van der Waals surface area contributed by atoms with Gasteiger partial charge in [0.05, 0.1) is 0 Å². The summed E-state index contributed by atoms with van der Waals surface area (Å²) in [6, 6.07) is 8.17. The van der Waals surface area contributed by atoms with Gasteiger partial charge in [0.1, 0.15) is 6.33 Å². The van der Waals surface area contributed by atoms with Gasteiger partial charge < -0.3 is 15.6 Å². The van der Waals surface area contributed by atoms with E-state index in [1.54, 1.807) is 0 Å². The average molecular weight is 427 g/mol. The Morgan fingerprint density at radius 3 is 2.67 bits per heavy atom. The molecule has 0 atom stereocenters. The fraction of sp³-hybridized carbons (Fsp3) is 0.450. The van der Waals surface area contributed by atoms with Crippen LogP contribution >= 0.6 is 11.6 Å². The minimum absolute atomic E-state index is 0.0764. The number of fused-ring (bicyclic) bond motifs is 1. The molecule has 0 spiro atoms. The Labute approximate surface area is 178 Å². The van der Waals surface area contributed by atoms with Gasteiger partial charge in [-0.05, 0) is 43.4 Å². The van der Waals surface area contributed by atoms with E-state index >= 15 is 0 Å². The van der Waals surface area contributed by atoms with Crippen LogP contribution < -0.4 is 5.73 Å². The number of aromatic amines is 1. The molecule has 0 bridgehead atoms. The van der Waals surface area contributed by atoms with Gasteiger partial charge in [-0.1, -0.05) is 23.7 Å². The number of carbonyl (C=O) groups is 1. The highest BCUT2D eigenvalue weighted by Gasteiger charge is 2.41. The van der Waals surface area contributed by atoms with Crippen molar-refractivity contribution in [2.24, 2.45) is 5.73 Å². The number of aromatic nitrogens is 6. The Morgan fingerprint density at radius 2 is 1.97 bits per heavy atom. The van der Waals surface area contributed by atoms with Crippen molar-refractivity contribution in [3.05, 3.63) is 47.0 Å². The number of carbonyl (C=O) groups excluding carboxylic acids is 1. The number of rotatable bonds is 4. The van der Waals surface area contributed by atoms with Crippen LogP contribution in [0.2, 0.25) is 5.02 Å². The van der Waals surface area contributed by atoms with Crippen molar-refractivity contribution in [1.29, 1.82) is 0 Å². The van der Waals surface area contributed by atoms with E-state index in [1.165, 1.54) is 11.9 Å². The van der Waals surface area contributed by atoms with Crippen LogP contribution in [0.4, 0.5) is 0 Å². The third-order valence-corrected chi connectivity index (χ3v) is 6.81. The van der Waals surface area contributed by atoms with Gasteiger partial charge >= 0.3 is 0 Å². The van der Waals surface area contributed by atoms with Gasteiger partial charge in [-0.25, -0.2) is 0 Å². The molecule has 1 aliphatic carbocycles. The lowest BCUT2D eigenvalue weighted by molar-refractivity contribution is 0.0523. The third-order valence-electron chi connectivity index (χ3n) is 6.58. The molecule has 2 aromatic heterocycles. The first kappa shape index (κ1) is 19.2. The zero-order valence-corrected chi connectivity index (χ0v) is 17.2.